The molecule has 0 saturated heterocycles. The number of aryl methyl sites for hydroxylation is 1. The average Bonchev–Trinajstić information content (AvgIpc) is 3.41. The molecule has 0 unspecified atom stereocenters. The Morgan fingerprint density at radius 1 is 1.12 bits per heavy atom. The van der Waals surface area contributed by atoms with Gasteiger partial charge in [0, 0.05) is 19.5 Å². The van der Waals surface area contributed by atoms with Gasteiger partial charge in [0.05, 0.1) is 23.0 Å². The number of hydrogen-bond donors (Lipinski definition) is 3. The minimum absolute atomic E-state index is 0.201. The largest absolute Gasteiger partial charge is 0.478 e. The Hall–Kier alpha value is -3.95. The van der Waals surface area contributed by atoms with Gasteiger partial charge in [-0.1, -0.05) is 26.0 Å². The fourth-order valence-electron chi connectivity index (χ4n) is 3.81. The predicted octanol–water partition coefficient (Wildman–Crippen LogP) is 2.39. The zero-order valence-electron chi connectivity index (χ0n) is 17.9. The van der Waals surface area contributed by atoms with Crippen molar-refractivity contribution in [1.82, 2.24) is 29.3 Å². The summed E-state index contributed by atoms with van der Waals surface area (Å²) in [6, 6.07) is 6.66. The van der Waals surface area contributed by atoms with Gasteiger partial charge in [0.2, 0.25) is 0 Å². The molecule has 3 N–H and O–H groups in total. The fourth-order valence-corrected chi connectivity index (χ4v) is 3.81. The molecule has 0 aliphatic rings. The van der Waals surface area contributed by atoms with Gasteiger partial charge in [-0.15, -0.1) is 0 Å². The van der Waals surface area contributed by atoms with Gasteiger partial charge >= 0.3 is 11.7 Å². The van der Waals surface area contributed by atoms with Crippen LogP contribution < -0.4 is 11.2 Å². The third kappa shape index (κ3) is 3.75. The number of rotatable bonds is 8. The number of nitrogens with one attached hydrogen (secondary N) is 2. The van der Waals surface area contributed by atoms with Gasteiger partial charge in [0.1, 0.15) is 11.3 Å². The molecule has 4 rings (SSSR count). The Morgan fingerprint density at radius 2 is 1.88 bits per heavy atom. The summed E-state index contributed by atoms with van der Waals surface area (Å²) in [7, 11) is 0. The molecular formula is C22H24N6O4. The molecule has 0 aliphatic heterocycles. The molecule has 4 aromatic rings. The van der Waals surface area contributed by atoms with Gasteiger partial charge in [-0.2, -0.15) is 5.10 Å². The number of H-pyrrole nitrogens is 2. The van der Waals surface area contributed by atoms with Crippen molar-refractivity contribution in [3.63, 3.8) is 0 Å². The van der Waals surface area contributed by atoms with Crippen molar-refractivity contribution in [2.45, 2.75) is 46.2 Å². The summed E-state index contributed by atoms with van der Waals surface area (Å²) in [4.78, 5) is 44.8. The molecule has 0 bridgehead atoms. The summed E-state index contributed by atoms with van der Waals surface area (Å²) < 4.78 is 2.77. The molecule has 10 nitrogen and oxygen atoms in total. The number of fused-ring (bicyclic) bond motifs is 1. The van der Waals surface area contributed by atoms with Crippen molar-refractivity contribution >= 4 is 17.1 Å². The van der Waals surface area contributed by atoms with Crippen molar-refractivity contribution in [1.29, 1.82) is 0 Å². The van der Waals surface area contributed by atoms with E-state index in [1.54, 1.807) is 18.3 Å². The van der Waals surface area contributed by atoms with Crippen LogP contribution in [0.3, 0.4) is 0 Å². The van der Waals surface area contributed by atoms with Gasteiger partial charge in [-0.25, -0.2) is 14.6 Å². The van der Waals surface area contributed by atoms with Crippen LogP contribution in [0.15, 0.2) is 40.1 Å². The van der Waals surface area contributed by atoms with E-state index in [1.807, 2.05) is 19.9 Å². The van der Waals surface area contributed by atoms with Crippen LogP contribution in [0.1, 0.15) is 48.3 Å². The van der Waals surface area contributed by atoms with Crippen molar-refractivity contribution in [2.75, 3.05) is 0 Å². The SMILES string of the molecule is CCCn1c(=O)c2[nH]c(-c3cn[nH]c3Cc3cccc(C(=O)O)c3)nc2n(CCC)c1=O. The Morgan fingerprint density at radius 3 is 2.59 bits per heavy atom. The molecule has 166 valence electrons. The lowest BCUT2D eigenvalue weighted by Crippen LogP contribution is -2.40. The molecule has 0 aliphatic carbocycles. The number of aromatic nitrogens is 6. The normalized spacial score (nSPS) is 11.3. The fraction of sp³-hybridized carbons (Fsp3) is 0.318. The highest BCUT2D eigenvalue weighted by Gasteiger charge is 2.19. The van der Waals surface area contributed by atoms with Gasteiger partial charge in [-0.3, -0.25) is 19.0 Å². The summed E-state index contributed by atoms with van der Waals surface area (Å²) in [5.74, 6) is -0.569. The topological polar surface area (TPSA) is 139 Å². The van der Waals surface area contributed by atoms with E-state index in [4.69, 9.17) is 0 Å². The maximum atomic E-state index is 13.0. The van der Waals surface area contributed by atoms with Gasteiger partial charge in [0.15, 0.2) is 5.65 Å². The van der Waals surface area contributed by atoms with Crippen molar-refractivity contribution in [3.05, 3.63) is 68.1 Å². The lowest BCUT2D eigenvalue weighted by molar-refractivity contribution is 0.0696. The number of aromatic carboxylic acids is 1. The number of nitrogens with zero attached hydrogens (tertiary/aromatic N) is 4. The molecule has 10 heteroatoms. The second kappa shape index (κ2) is 8.66. The van der Waals surface area contributed by atoms with Crippen LogP contribution >= 0.6 is 0 Å². The Kier molecular flexibility index (Phi) is 5.76. The predicted molar refractivity (Wildman–Crippen MR) is 119 cm³/mol. The number of carboxylic acid groups (broad SMARTS) is 1. The molecule has 0 fully saturated rings. The van der Waals surface area contributed by atoms with Crippen molar-refractivity contribution in [3.8, 4) is 11.4 Å². The zero-order chi connectivity index (χ0) is 22.8. The third-order valence-corrected chi connectivity index (χ3v) is 5.28. The van der Waals surface area contributed by atoms with Crippen molar-refractivity contribution in [2.24, 2.45) is 0 Å². The quantitative estimate of drug-likeness (QED) is 0.388. The van der Waals surface area contributed by atoms with Crippen LogP contribution in [0.4, 0.5) is 0 Å². The summed E-state index contributed by atoms with van der Waals surface area (Å²) in [5, 5.41) is 16.3. The maximum Gasteiger partial charge on any atom is 0.335 e. The summed E-state index contributed by atoms with van der Waals surface area (Å²) in [6.07, 6.45) is 3.38. The molecule has 0 saturated carbocycles. The Labute approximate surface area is 182 Å². The molecule has 0 spiro atoms. The summed E-state index contributed by atoms with van der Waals surface area (Å²) >= 11 is 0. The number of aromatic amines is 2. The number of carbonyl (C=O) groups is 1. The van der Waals surface area contributed by atoms with Crippen LogP contribution in [0.2, 0.25) is 0 Å². The smallest absolute Gasteiger partial charge is 0.335 e. The zero-order valence-corrected chi connectivity index (χ0v) is 17.9. The van der Waals surface area contributed by atoms with Crippen LogP contribution in [0.5, 0.6) is 0 Å². The van der Waals surface area contributed by atoms with Crippen LogP contribution in [0, 0.1) is 0 Å². The number of imidazole rings is 1. The van der Waals surface area contributed by atoms with E-state index < -0.39 is 11.5 Å². The van der Waals surface area contributed by atoms with Gasteiger partial charge in [-0.05, 0) is 30.5 Å². The first kappa shape index (κ1) is 21.3. The van der Waals surface area contributed by atoms with E-state index in [2.05, 4.69) is 20.2 Å². The third-order valence-electron chi connectivity index (χ3n) is 5.28. The molecule has 3 aromatic heterocycles. The Balaban J connectivity index is 1.81. The van der Waals surface area contributed by atoms with Gasteiger partial charge < -0.3 is 10.1 Å². The number of benzene rings is 1. The molecule has 32 heavy (non-hydrogen) atoms. The number of carboxylic acids is 1. The van der Waals surface area contributed by atoms with E-state index in [-0.39, 0.29) is 16.8 Å². The van der Waals surface area contributed by atoms with Crippen LogP contribution in [-0.2, 0) is 19.5 Å². The lowest BCUT2D eigenvalue weighted by atomic mass is 10.0. The number of hydrogen-bond acceptors (Lipinski definition) is 5. The first-order chi connectivity index (χ1) is 15.4. The first-order valence-corrected chi connectivity index (χ1v) is 10.5. The van der Waals surface area contributed by atoms with E-state index in [0.29, 0.717) is 48.7 Å². The van der Waals surface area contributed by atoms with E-state index in [0.717, 1.165) is 12.0 Å². The summed E-state index contributed by atoms with van der Waals surface area (Å²) in [6.45, 7) is 4.66. The maximum absolute atomic E-state index is 13.0. The monoisotopic (exact) mass is 436 g/mol. The first-order valence-electron chi connectivity index (χ1n) is 10.5. The molecule has 3 heterocycles. The van der Waals surface area contributed by atoms with E-state index >= 15 is 0 Å². The van der Waals surface area contributed by atoms with Gasteiger partial charge in [0.25, 0.3) is 5.56 Å². The highest BCUT2D eigenvalue weighted by atomic mass is 16.4. The molecule has 0 amide bonds. The highest BCUT2D eigenvalue weighted by molar-refractivity contribution is 5.87. The highest BCUT2D eigenvalue weighted by Crippen LogP contribution is 2.23. The van der Waals surface area contributed by atoms with Crippen LogP contribution in [-0.4, -0.2) is 40.4 Å². The minimum atomic E-state index is -0.994. The second-order valence-corrected chi connectivity index (χ2v) is 7.62. The van der Waals surface area contributed by atoms with E-state index in [9.17, 15) is 19.5 Å². The summed E-state index contributed by atoms with van der Waals surface area (Å²) in [5.41, 5.74) is 2.21. The molecule has 1 aromatic carbocycles. The molecular weight excluding hydrogens is 412 g/mol. The molecule has 0 atom stereocenters. The van der Waals surface area contributed by atoms with Crippen molar-refractivity contribution < 1.29 is 9.90 Å². The lowest BCUT2D eigenvalue weighted by Gasteiger charge is -2.09. The van der Waals surface area contributed by atoms with Crippen LogP contribution in [0.25, 0.3) is 22.6 Å². The molecule has 0 radical (unpaired) electrons. The standard InChI is InChI=1S/C22H24N6O4/c1-3-8-27-19-17(20(29)28(9-4-2)22(27)32)24-18(25-19)15-12-23-26-16(15)11-13-6-5-7-14(10-13)21(30)31/h5-7,10,12H,3-4,8-9,11H2,1-2H3,(H,23,26)(H,24,25)(H,30,31). The second-order valence-electron chi connectivity index (χ2n) is 7.62. The minimum Gasteiger partial charge on any atom is -0.478 e. The Bertz CT molecular complexity index is 1410. The van der Waals surface area contributed by atoms with E-state index in [1.165, 1.54) is 15.2 Å². The average molecular weight is 436 g/mol.